The van der Waals surface area contributed by atoms with E-state index in [1.165, 1.54) is 11.3 Å². The summed E-state index contributed by atoms with van der Waals surface area (Å²) in [7, 11) is 3.99. The second-order valence-corrected chi connectivity index (χ2v) is 8.68. The van der Waals surface area contributed by atoms with Gasteiger partial charge in [0, 0.05) is 25.9 Å². The molecule has 3 aromatic carbocycles. The lowest BCUT2D eigenvalue weighted by Gasteiger charge is -2.11. The summed E-state index contributed by atoms with van der Waals surface area (Å²) in [5, 5.41) is 17.6. The van der Waals surface area contributed by atoms with Crippen molar-refractivity contribution in [3.63, 3.8) is 0 Å². The van der Waals surface area contributed by atoms with Gasteiger partial charge >= 0.3 is 5.97 Å². The van der Waals surface area contributed by atoms with Crippen molar-refractivity contribution in [3.05, 3.63) is 79.4 Å². The molecule has 36 heavy (non-hydrogen) atoms. The van der Waals surface area contributed by atoms with Crippen molar-refractivity contribution in [2.75, 3.05) is 32.2 Å². The van der Waals surface area contributed by atoms with E-state index in [2.05, 4.69) is 32.0 Å². The Morgan fingerprint density at radius 2 is 1.53 bits per heavy atom. The zero-order valence-electron chi connectivity index (χ0n) is 19.9. The van der Waals surface area contributed by atoms with Gasteiger partial charge in [0.15, 0.2) is 0 Å². The van der Waals surface area contributed by atoms with Crippen LogP contribution in [0.25, 0.3) is 10.2 Å². The Balaban J connectivity index is 1.34. The molecule has 0 aliphatic rings. The van der Waals surface area contributed by atoms with E-state index >= 15 is 0 Å². The number of anilines is 1. The number of carbonyl (C=O) groups excluding carboxylic acids is 1. The van der Waals surface area contributed by atoms with Crippen LogP contribution in [0.1, 0.15) is 0 Å². The number of nitrogens with zero attached hydrogens (tertiary/aromatic N) is 6. The number of ether oxygens (including phenoxy) is 2. The number of carbonyl (C=O) groups is 1. The van der Waals surface area contributed by atoms with Crippen LogP contribution in [-0.4, -0.2) is 38.3 Å². The van der Waals surface area contributed by atoms with Crippen molar-refractivity contribution in [1.82, 2.24) is 4.98 Å². The van der Waals surface area contributed by atoms with Gasteiger partial charge in [-0.05, 0) is 66.7 Å². The van der Waals surface area contributed by atoms with Gasteiger partial charge in [-0.3, -0.25) is 0 Å². The normalized spacial score (nSPS) is 11.3. The van der Waals surface area contributed by atoms with Crippen LogP contribution in [0.15, 0.2) is 99.8 Å². The van der Waals surface area contributed by atoms with Gasteiger partial charge in [0.25, 0.3) is 0 Å². The molecule has 0 atom stereocenters. The van der Waals surface area contributed by atoms with Crippen LogP contribution in [0.2, 0.25) is 0 Å². The van der Waals surface area contributed by atoms with Crippen molar-refractivity contribution < 1.29 is 14.3 Å². The minimum Gasteiger partial charge on any atom is -0.490 e. The van der Waals surface area contributed by atoms with Gasteiger partial charge in [0.05, 0.1) is 27.3 Å². The topological polar surface area (TPSA) is 101 Å². The van der Waals surface area contributed by atoms with E-state index < -0.39 is 5.97 Å². The molecule has 9 nitrogen and oxygen atoms in total. The van der Waals surface area contributed by atoms with E-state index in [0.717, 1.165) is 33.4 Å². The Hall–Kier alpha value is -4.44. The summed E-state index contributed by atoms with van der Waals surface area (Å²) in [6, 6.07) is 20.7. The first-order valence-electron chi connectivity index (χ1n) is 11.0. The Bertz CT molecular complexity index is 1400. The van der Waals surface area contributed by atoms with Crippen LogP contribution in [0, 0.1) is 0 Å². The van der Waals surface area contributed by atoms with Crippen LogP contribution in [0.3, 0.4) is 0 Å². The lowest BCUT2D eigenvalue weighted by Crippen LogP contribution is -2.10. The molecule has 1 aromatic heterocycles. The first-order chi connectivity index (χ1) is 17.5. The summed E-state index contributed by atoms with van der Waals surface area (Å²) in [6.45, 7) is 3.74. The molecule has 1 heterocycles. The van der Waals surface area contributed by atoms with Crippen LogP contribution in [0.4, 0.5) is 27.9 Å². The summed E-state index contributed by atoms with van der Waals surface area (Å²) < 4.78 is 11.4. The zero-order chi connectivity index (χ0) is 25.3. The number of azo groups is 2. The molecule has 0 spiro atoms. The fourth-order valence-electron chi connectivity index (χ4n) is 3.01. The highest BCUT2D eigenvalue weighted by atomic mass is 32.1. The van der Waals surface area contributed by atoms with Crippen LogP contribution in [-0.2, 0) is 9.53 Å². The molecule has 4 rings (SSSR count). The highest BCUT2D eigenvalue weighted by Crippen LogP contribution is 2.32. The summed E-state index contributed by atoms with van der Waals surface area (Å²) in [6.07, 6.45) is 1.12. The molecule has 4 aromatic rings. The molecule has 0 N–H and O–H groups in total. The van der Waals surface area contributed by atoms with E-state index in [9.17, 15) is 4.79 Å². The number of hydrogen-bond donors (Lipinski definition) is 0. The van der Waals surface area contributed by atoms with E-state index in [0.29, 0.717) is 16.6 Å². The molecule has 0 radical (unpaired) electrons. The third-order valence-electron chi connectivity index (χ3n) is 4.86. The van der Waals surface area contributed by atoms with Crippen LogP contribution < -0.4 is 9.64 Å². The standard InChI is InChI=1S/C26H24N6O3S/c1-4-25(33)35-16-15-34-22-13-14-23-24(17-22)36-26(27-23)31-30-19-7-5-18(6-8-19)28-29-20-9-11-21(12-10-20)32(2)3/h4-14,17H,1,15-16H2,2-3H3. The lowest BCUT2D eigenvalue weighted by molar-refractivity contribution is -0.138. The Labute approximate surface area is 212 Å². The fraction of sp³-hybridized carbons (Fsp3) is 0.154. The second kappa shape index (κ2) is 11.8. The molecule has 10 heteroatoms. The number of benzene rings is 3. The molecular weight excluding hydrogens is 476 g/mol. The SMILES string of the molecule is C=CC(=O)OCCOc1ccc2nc(N=Nc3ccc(N=Nc4ccc(N(C)C)cc4)cc3)sc2c1. The zero-order valence-corrected chi connectivity index (χ0v) is 20.7. The van der Waals surface area contributed by atoms with E-state index in [4.69, 9.17) is 9.47 Å². The Morgan fingerprint density at radius 3 is 2.14 bits per heavy atom. The average Bonchev–Trinajstić information content (AvgIpc) is 3.31. The van der Waals surface area contributed by atoms with E-state index in [1.54, 1.807) is 0 Å². The number of aromatic nitrogens is 1. The van der Waals surface area contributed by atoms with Gasteiger partial charge in [-0.1, -0.05) is 17.9 Å². The molecule has 0 saturated heterocycles. The second-order valence-electron chi connectivity index (χ2n) is 7.67. The van der Waals surface area contributed by atoms with Crippen LogP contribution in [0.5, 0.6) is 5.75 Å². The number of esters is 1. The number of hydrogen-bond acceptors (Lipinski definition) is 10. The first kappa shape index (κ1) is 24.7. The maximum Gasteiger partial charge on any atom is 0.330 e. The van der Waals surface area contributed by atoms with Gasteiger partial charge in [-0.15, -0.1) is 10.2 Å². The first-order valence-corrected chi connectivity index (χ1v) is 11.9. The van der Waals surface area contributed by atoms with Gasteiger partial charge in [0.2, 0.25) is 5.13 Å². The average molecular weight is 501 g/mol. The van der Waals surface area contributed by atoms with Crippen molar-refractivity contribution in [1.29, 1.82) is 0 Å². The smallest absolute Gasteiger partial charge is 0.330 e. The molecular formula is C26H24N6O3S. The lowest BCUT2D eigenvalue weighted by atomic mass is 10.3. The molecule has 0 bridgehead atoms. The Morgan fingerprint density at radius 1 is 0.917 bits per heavy atom. The molecule has 0 aliphatic carbocycles. The quantitative estimate of drug-likeness (QED) is 0.0984. The van der Waals surface area contributed by atoms with Gasteiger partial charge < -0.3 is 14.4 Å². The minimum atomic E-state index is -0.475. The minimum absolute atomic E-state index is 0.148. The Kier molecular flexibility index (Phi) is 8.09. The molecule has 182 valence electrons. The molecule has 0 aliphatic heterocycles. The van der Waals surface area contributed by atoms with Gasteiger partial charge in [-0.2, -0.15) is 10.2 Å². The monoisotopic (exact) mass is 500 g/mol. The van der Waals surface area contributed by atoms with Gasteiger partial charge in [0.1, 0.15) is 19.0 Å². The van der Waals surface area contributed by atoms with Crippen molar-refractivity contribution >= 4 is 55.4 Å². The third kappa shape index (κ3) is 6.80. The highest BCUT2D eigenvalue weighted by molar-refractivity contribution is 7.21. The predicted molar refractivity (Wildman–Crippen MR) is 142 cm³/mol. The highest BCUT2D eigenvalue weighted by Gasteiger charge is 2.06. The van der Waals surface area contributed by atoms with Crippen molar-refractivity contribution in [2.24, 2.45) is 20.5 Å². The van der Waals surface area contributed by atoms with E-state index in [-0.39, 0.29) is 13.2 Å². The van der Waals surface area contributed by atoms with Crippen molar-refractivity contribution in [3.8, 4) is 5.75 Å². The molecule has 0 fully saturated rings. The largest absolute Gasteiger partial charge is 0.490 e. The molecule has 0 saturated carbocycles. The molecule has 0 amide bonds. The number of thiazole rings is 1. The fourth-order valence-corrected chi connectivity index (χ4v) is 3.82. The summed E-state index contributed by atoms with van der Waals surface area (Å²) in [4.78, 5) is 17.6. The summed E-state index contributed by atoms with van der Waals surface area (Å²) >= 11 is 1.40. The van der Waals surface area contributed by atoms with E-state index in [1.807, 2.05) is 85.7 Å². The summed E-state index contributed by atoms with van der Waals surface area (Å²) in [5.41, 5.74) is 4.09. The molecule has 0 unspecified atom stereocenters. The third-order valence-corrected chi connectivity index (χ3v) is 5.76. The van der Waals surface area contributed by atoms with Crippen molar-refractivity contribution in [2.45, 2.75) is 0 Å². The van der Waals surface area contributed by atoms with Crippen LogP contribution >= 0.6 is 11.3 Å². The number of fused-ring (bicyclic) bond motifs is 1. The van der Waals surface area contributed by atoms with Gasteiger partial charge in [-0.25, -0.2) is 9.78 Å². The maximum absolute atomic E-state index is 11.1. The number of rotatable bonds is 10. The predicted octanol–water partition coefficient (Wildman–Crippen LogP) is 7.30. The summed E-state index contributed by atoms with van der Waals surface area (Å²) in [5.74, 6) is 0.180. The maximum atomic E-state index is 11.1.